The van der Waals surface area contributed by atoms with Crippen molar-refractivity contribution in [3.63, 3.8) is 0 Å². The van der Waals surface area contributed by atoms with Crippen LogP contribution in [0.1, 0.15) is 282 Å². The summed E-state index contributed by atoms with van der Waals surface area (Å²) in [7, 11) is 0. The lowest BCUT2D eigenvalue weighted by atomic mass is 9.77. The maximum absolute atomic E-state index is 5.38. The minimum atomic E-state index is 0.146. The molecule has 490 valence electrons. The lowest BCUT2D eigenvalue weighted by Crippen LogP contribution is -2.44. The van der Waals surface area contributed by atoms with Crippen molar-refractivity contribution in [2.75, 3.05) is 13.1 Å². The Morgan fingerprint density at radius 2 is 0.724 bits per heavy atom. The van der Waals surface area contributed by atoms with Crippen molar-refractivity contribution in [2.24, 2.45) is 10.8 Å². The Morgan fingerprint density at radius 1 is 0.356 bits per heavy atom. The third-order valence-corrected chi connectivity index (χ3v) is 19.5. The molecule has 5 nitrogen and oxygen atoms in total. The SMILES string of the molecule is CC(C)(C)C1C=CC=CO1.CC(C)(C)C1C=CC=CS1.CC(C)(C)N1CCCCC1.Cc1c(C)c(C)c(C(C)(C)C)c(C)c1C.Cc1nc(C(C)(C)C)c(C)c(C)c1C.Cc1nc(C)c(C(C)(C)C)c(C)c1C.Cc1nc(C)c(C)c(C(C)(C)C)c1C. The molecule has 0 saturated carbocycles. The van der Waals surface area contributed by atoms with Crippen LogP contribution in [0.2, 0.25) is 0 Å². The van der Waals surface area contributed by atoms with Gasteiger partial charge in [0, 0.05) is 55.8 Å². The van der Waals surface area contributed by atoms with E-state index in [-0.39, 0.29) is 33.2 Å². The van der Waals surface area contributed by atoms with Gasteiger partial charge >= 0.3 is 0 Å². The second-order valence-corrected chi connectivity index (χ2v) is 33.8. The van der Waals surface area contributed by atoms with Crippen molar-refractivity contribution in [3.8, 4) is 0 Å². The predicted octanol–water partition coefficient (Wildman–Crippen LogP) is 23.4. The number of benzene rings is 1. The Balaban J connectivity index is 0.000000510. The quantitative estimate of drug-likeness (QED) is 0.175. The third-order valence-electron chi connectivity index (χ3n) is 18.0. The highest BCUT2D eigenvalue weighted by molar-refractivity contribution is 8.03. The van der Waals surface area contributed by atoms with Gasteiger partial charge in [0.15, 0.2) is 0 Å². The fourth-order valence-corrected chi connectivity index (χ4v) is 13.1. The van der Waals surface area contributed by atoms with Gasteiger partial charge in [0.25, 0.3) is 0 Å². The first kappa shape index (κ1) is 80.8. The molecule has 2 atom stereocenters. The zero-order valence-corrected chi connectivity index (χ0v) is 64.7. The predicted molar refractivity (Wildman–Crippen MR) is 391 cm³/mol. The Hall–Kier alpha value is -4.26. The Morgan fingerprint density at radius 3 is 1.06 bits per heavy atom. The average Bonchev–Trinajstić information content (AvgIpc) is 1.37. The highest BCUT2D eigenvalue weighted by Gasteiger charge is 2.27. The molecule has 6 heteroatoms. The van der Waals surface area contributed by atoms with Crippen LogP contribution >= 0.6 is 11.8 Å². The van der Waals surface area contributed by atoms with Gasteiger partial charge in [0.1, 0.15) is 6.10 Å². The highest BCUT2D eigenvalue weighted by atomic mass is 32.2. The number of aromatic nitrogens is 3. The molecule has 0 amide bonds. The minimum absolute atomic E-state index is 0.146. The lowest BCUT2D eigenvalue weighted by Gasteiger charge is -2.38. The molecule has 3 aliphatic heterocycles. The number of aryl methyl sites for hydroxylation is 5. The normalized spacial score (nSPS) is 16.2. The standard InChI is InChI=1S/C15H24.3C13H21N.C9H19N.C9H14O.C9H14S/c1-9-10(2)12(4)14(15(6,7)8)13(5)11(9)3;1-8-10(3)14-11(4)9(2)12(8)13(5,6)7;1-8-9(2)12(13(5,6)7)11(4)14-10(8)3;1-8-9(2)11(4)14-12(10(8)3)13(5,6)7;1-9(2,3)10-7-5-4-6-8-10;2*1-9(2,3)8-6-4-5-7-10-8/h1-8H3;3*1-7H3;4-8H2,1-3H3;2*4-8H,1-3H3. The third kappa shape index (κ3) is 24.5. The molecule has 0 spiro atoms. The van der Waals surface area contributed by atoms with E-state index in [0.29, 0.717) is 16.2 Å². The molecular weight excluding hydrogens is 1080 g/mol. The van der Waals surface area contributed by atoms with Gasteiger partial charge in [-0.3, -0.25) is 19.9 Å². The van der Waals surface area contributed by atoms with Gasteiger partial charge in [0.05, 0.1) is 6.26 Å². The van der Waals surface area contributed by atoms with E-state index >= 15 is 0 Å². The summed E-state index contributed by atoms with van der Waals surface area (Å²) in [5.41, 5.74) is 30.1. The van der Waals surface area contributed by atoms with E-state index in [9.17, 15) is 0 Å². The van der Waals surface area contributed by atoms with Crippen LogP contribution in [0, 0.1) is 129 Å². The van der Waals surface area contributed by atoms with Crippen LogP contribution in [0.5, 0.6) is 0 Å². The van der Waals surface area contributed by atoms with E-state index in [1.807, 2.05) is 23.9 Å². The second-order valence-electron chi connectivity index (χ2n) is 32.7. The molecule has 3 aliphatic rings. The number of thioether (sulfide) groups is 1. The fraction of sp³-hybridized carbons (Fsp3) is 0.642. The summed E-state index contributed by atoms with van der Waals surface area (Å²) in [6.07, 6.45) is 18.7. The summed E-state index contributed by atoms with van der Waals surface area (Å²) < 4.78 is 5.38. The summed E-state index contributed by atoms with van der Waals surface area (Å²) in [4.78, 5) is 16.4. The molecule has 1 saturated heterocycles. The number of allylic oxidation sites excluding steroid dienone is 4. The number of hydrogen-bond acceptors (Lipinski definition) is 6. The van der Waals surface area contributed by atoms with Crippen molar-refractivity contribution in [2.45, 2.75) is 321 Å². The number of pyridine rings is 3. The Kier molecular flexibility index (Phi) is 30.3. The van der Waals surface area contributed by atoms with E-state index in [1.54, 1.807) is 6.26 Å². The molecule has 0 N–H and O–H groups in total. The molecule has 1 aromatic carbocycles. The topological polar surface area (TPSA) is 51.1 Å². The van der Waals surface area contributed by atoms with Crippen molar-refractivity contribution < 1.29 is 4.74 Å². The van der Waals surface area contributed by atoms with Crippen molar-refractivity contribution in [1.82, 2.24) is 19.9 Å². The van der Waals surface area contributed by atoms with E-state index in [0.717, 1.165) is 22.8 Å². The van der Waals surface area contributed by atoms with Crippen LogP contribution in [-0.2, 0) is 26.4 Å². The first-order valence-electron chi connectivity index (χ1n) is 32.9. The first-order valence-corrected chi connectivity index (χ1v) is 33.8. The summed E-state index contributed by atoms with van der Waals surface area (Å²) in [5.74, 6) is 0. The van der Waals surface area contributed by atoms with Crippen LogP contribution in [0.25, 0.3) is 0 Å². The summed E-state index contributed by atoms with van der Waals surface area (Å²) in [6.45, 7) is 86.9. The molecule has 0 bridgehead atoms. The van der Waals surface area contributed by atoms with Crippen molar-refractivity contribution >= 4 is 11.8 Å². The summed E-state index contributed by atoms with van der Waals surface area (Å²) >= 11 is 1.90. The van der Waals surface area contributed by atoms with Crippen LogP contribution in [0.4, 0.5) is 0 Å². The zero-order valence-electron chi connectivity index (χ0n) is 63.9. The van der Waals surface area contributed by atoms with E-state index in [4.69, 9.17) is 9.72 Å². The molecule has 0 radical (unpaired) electrons. The molecule has 2 unspecified atom stereocenters. The van der Waals surface area contributed by atoms with Crippen LogP contribution < -0.4 is 0 Å². The highest BCUT2D eigenvalue weighted by Crippen LogP contribution is 2.37. The van der Waals surface area contributed by atoms with Crippen LogP contribution in [-0.4, -0.2) is 49.8 Å². The van der Waals surface area contributed by atoms with Gasteiger partial charge in [0.2, 0.25) is 0 Å². The number of rotatable bonds is 0. The first-order chi connectivity index (χ1) is 39.2. The molecule has 0 aliphatic carbocycles. The molecule has 4 aromatic rings. The second kappa shape index (κ2) is 32.7. The fourth-order valence-electron chi connectivity index (χ4n) is 12.2. The molecule has 6 heterocycles. The van der Waals surface area contributed by atoms with Crippen molar-refractivity contribution in [1.29, 1.82) is 0 Å². The van der Waals surface area contributed by atoms with Crippen LogP contribution in [0.3, 0.4) is 0 Å². The molecular formula is C81H134N4OS. The number of likely N-dealkylation sites (tertiary alicyclic amines) is 1. The number of ether oxygens (including phenoxy) is 1. The van der Waals surface area contributed by atoms with E-state index < -0.39 is 0 Å². The largest absolute Gasteiger partial charge is 0.493 e. The maximum atomic E-state index is 5.38. The van der Waals surface area contributed by atoms with E-state index in [2.05, 4.69) is 308 Å². The average molecular weight is 1210 g/mol. The van der Waals surface area contributed by atoms with Gasteiger partial charge in [-0.1, -0.05) is 155 Å². The van der Waals surface area contributed by atoms with Crippen molar-refractivity contribution in [3.05, 3.63) is 166 Å². The molecule has 7 rings (SSSR count). The maximum Gasteiger partial charge on any atom is 0.121 e. The monoisotopic (exact) mass is 1210 g/mol. The van der Waals surface area contributed by atoms with Gasteiger partial charge in [-0.2, -0.15) is 0 Å². The smallest absolute Gasteiger partial charge is 0.121 e. The molecule has 3 aromatic heterocycles. The Bertz CT molecular complexity index is 2900. The number of piperidine rings is 1. The zero-order chi connectivity index (χ0) is 68.1. The minimum Gasteiger partial charge on any atom is -0.493 e. The Labute approximate surface area is 543 Å². The van der Waals surface area contributed by atoms with Gasteiger partial charge < -0.3 is 4.74 Å². The molecule has 1 fully saturated rings. The van der Waals surface area contributed by atoms with Crippen LogP contribution in [0.15, 0.2) is 48.1 Å². The molecule has 87 heavy (non-hydrogen) atoms. The summed E-state index contributed by atoms with van der Waals surface area (Å²) in [6, 6.07) is 0. The van der Waals surface area contributed by atoms with E-state index in [1.165, 1.54) is 127 Å². The summed E-state index contributed by atoms with van der Waals surface area (Å²) in [5, 5.41) is 2.81. The number of nitrogens with zero attached hydrogens (tertiary/aromatic N) is 4. The van der Waals surface area contributed by atoms with Gasteiger partial charge in [-0.15, -0.1) is 11.8 Å². The van der Waals surface area contributed by atoms with Gasteiger partial charge in [-0.25, -0.2) is 0 Å². The number of hydrogen-bond donors (Lipinski definition) is 0. The lowest BCUT2D eigenvalue weighted by molar-refractivity contribution is 0.0823. The van der Waals surface area contributed by atoms with Gasteiger partial charge in [-0.05, 0) is 287 Å².